The Bertz CT molecular complexity index is 1450. The van der Waals surface area contributed by atoms with Crippen molar-refractivity contribution >= 4 is 29.1 Å². The Morgan fingerprint density at radius 1 is 1.18 bits per heavy atom. The van der Waals surface area contributed by atoms with Crippen LogP contribution >= 0.6 is 0 Å². The van der Waals surface area contributed by atoms with Gasteiger partial charge in [0.25, 0.3) is 5.91 Å². The number of piperazine rings is 1. The number of furan rings is 1. The second kappa shape index (κ2) is 11.9. The second-order valence-corrected chi connectivity index (χ2v) is 10.2. The molecule has 4 heterocycles. The van der Waals surface area contributed by atoms with Gasteiger partial charge in [-0.25, -0.2) is 4.39 Å². The fourth-order valence-corrected chi connectivity index (χ4v) is 4.88. The SMILES string of the molecule is CC(CN(C)C)NC(=O)c1ccc(N2CCN(CCNc3nc(N)n4nc(-c5ccco5)cc4n3)CC2)c(F)c1. The van der Waals surface area contributed by atoms with Crippen molar-refractivity contribution in [3.8, 4) is 11.5 Å². The standard InChI is InChI=1S/C27H35FN10O2/c1-18(17-35(2)3)31-25(39)19-6-7-22(20(28)15-19)37-12-10-36(11-13-37)9-8-30-27-32-24-16-21(23-5-4-14-40-23)34-38(24)26(29)33-27/h4-7,14-16,18H,8-13,17H2,1-3H3,(H,31,39)(H3,29,30,32,33). The third-order valence-electron chi connectivity index (χ3n) is 6.77. The molecule has 0 saturated carbocycles. The number of halogens is 1. The highest BCUT2D eigenvalue weighted by Crippen LogP contribution is 2.23. The summed E-state index contributed by atoms with van der Waals surface area (Å²) in [6, 6.07) is 10.1. The Hall–Kier alpha value is -4.23. The topological polar surface area (TPSA) is 133 Å². The quantitative estimate of drug-likeness (QED) is 0.269. The minimum Gasteiger partial charge on any atom is -0.463 e. The smallest absolute Gasteiger partial charge is 0.251 e. The Morgan fingerprint density at radius 2 is 1.98 bits per heavy atom. The van der Waals surface area contributed by atoms with E-state index in [4.69, 9.17) is 10.2 Å². The lowest BCUT2D eigenvalue weighted by atomic mass is 10.1. The van der Waals surface area contributed by atoms with Crippen LogP contribution in [0.4, 0.5) is 22.0 Å². The largest absolute Gasteiger partial charge is 0.463 e. The highest BCUT2D eigenvalue weighted by Gasteiger charge is 2.21. The van der Waals surface area contributed by atoms with E-state index < -0.39 is 0 Å². The number of hydrogen-bond donors (Lipinski definition) is 3. The lowest BCUT2D eigenvalue weighted by Crippen LogP contribution is -2.48. The number of aromatic nitrogens is 4. The number of nitrogens with one attached hydrogen (secondary N) is 2. The van der Waals surface area contributed by atoms with Gasteiger partial charge in [-0.05, 0) is 51.4 Å². The highest BCUT2D eigenvalue weighted by atomic mass is 19.1. The summed E-state index contributed by atoms with van der Waals surface area (Å²) in [7, 11) is 3.89. The molecule has 13 heteroatoms. The van der Waals surface area contributed by atoms with Gasteiger partial charge in [-0.3, -0.25) is 9.69 Å². The number of carbonyl (C=O) groups excluding carboxylic acids is 1. The van der Waals surface area contributed by atoms with Crippen molar-refractivity contribution in [3.05, 3.63) is 54.0 Å². The van der Waals surface area contributed by atoms with E-state index in [0.717, 1.165) is 19.6 Å². The Balaban J connectivity index is 1.11. The summed E-state index contributed by atoms with van der Waals surface area (Å²) in [5.41, 5.74) is 8.14. The molecule has 0 spiro atoms. The van der Waals surface area contributed by atoms with E-state index in [-0.39, 0.29) is 23.7 Å². The van der Waals surface area contributed by atoms with Crippen molar-refractivity contribution in [3.63, 3.8) is 0 Å². The summed E-state index contributed by atoms with van der Waals surface area (Å²) in [6.07, 6.45) is 1.59. The maximum Gasteiger partial charge on any atom is 0.251 e. The van der Waals surface area contributed by atoms with E-state index in [9.17, 15) is 9.18 Å². The number of carbonyl (C=O) groups is 1. The van der Waals surface area contributed by atoms with Gasteiger partial charge in [-0.2, -0.15) is 19.6 Å². The van der Waals surface area contributed by atoms with Crippen LogP contribution in [0.15, 0.2) is 47.1 Å². The Kier molecular flexibility index (Phi) is 8.12. The number of nitrogens with two attached hydrogens (primary N) is 1. The first-order valence-electron chi connectivity index (χ1n) is 13.3. The molecule has 40 heavy (non-hydrogen) atoms. The molecule has 1 aliphatic rings. The van der Waals surface area contributed by atoms with Gasteiger partial charge in [-0.15, -0.1) is 0 Å². The first kappa shape index (κ1) is 27.3. The van der Waals surface area contributed by atoms with E-state index in [1.807, 2.05) is 36.9 Å². The van der Waals surface area contributed by atoms with Gasteiger partial charge in [0.05, 0.1) is 12.0 Å². The summed E-state index contributed by atoms with van der Waals surface area (Å²) < 4.78 is 21.8. The predicted octanol–water partition coefficient (Wildman–Crippen LogP) is 2.02. The van der Waals surface area contributed by atoms with Gasteiger partial charge >= 0.3 is 0 Å². The number of hydrogen-bond acceptors (Lipinski definition) is 10. The van der Waals surface area contributed by atoms with Gasteiger partial charge in [0.15, 0.2) is 11.4 Å². The number of likely N-dealkylation sites (N-methyl/N-ethyl adjacent to an activating group) is 1. The maximum atomic E-state index is 15.0. The lowest BCUT2D eigenvalue weighted by molar-refractivity contribution is 0.0934. The molecular formula is C27H35FN10O2. The molecule has 12 nitrogen and oxygen atoms in total. The van der Waals surface area contributed by atoms with E-state index in [1.165, 1.54) is 10.6 Å². The average molecular weight is 551 g/mol. The Morgan fingerprint density at radius 3 is 2.67 bits per heavy atom. The number of rotatable bonds is 10. The monoisotopic (exact) mass is 550 g/mol. The number of amides is 1. The zero-order valence-corrected chi connectivity index (χ0v) is 23.0. The van der Waals surface area contributed by atoms with Crippen LogP contribution in [-0.4, -0.2) is 101 Å². The van der Waals surface area contributed by atoms with Gasteiger partial charge in [0, 0.05) is 63.5 Å². The van der Waals surface area contributed by atoms with E-state index in [1.54, 1.807) is 30.5 Å². The molecule has 1 amide bonds. The molecule has 1 aliphatic heterocycles. The van der Waals surface area contributed by atoms with Gasteiger partial charge < -0.3 is 30.6 Å². The third kappa shape index (κ3) is 6.32. The maximum absolute atomic E-state index is 15.0. The first-order chi connectivity index (χ1) is 19.3. The average Bonchev–Trinajstić information content (AvgIpc) is 3.59. The van der Waals surface area contributed by atoms with Crippen LogP contribution < -0.4 is 21.3 Å². The van der Waals surface area contributed by atoms with Crippen LogP contribution in [0.3, 0.4) is 0 Å². The summed E-state index contributed by atoms with van der Waals surface area (Å²) >= 11 is 0. The fourth-order valence-electron chi connectivity index (χ4n) is 4.88. The van der Waals surface area contributed by atoms with E-state index in [0.29, 0.717) is 60.5 Å². The van der Waals surface area contributed by atoms with Crippen molar-refractivity contribution in [1.82, 2.24) is 34.7 Å². The number of anilines is 3. The van der Waals surface area contributed by atoms with Crippen LogP contribution in [0.25, 0.3) is 17.1 Å². The van der Waals surface area contributed by atoms with Crippen LogP contribution in [0.2, 0.25) is 0 Å². The molecular weight excluding hydrogens is 515 g/mol. The third-order valence-corrected chi connectivity index (χ3v) is 6.77. The van der Waals surface area contributed by atoms with Crippen molar-refractivity contribution < 1.29 is 13.6 Å². The van der Waals surface area contributed by atoms with Crippen molar-refractivity contribution in [2.45, 2.75) is 13.0 Å². The lowest BCUT2D eigenvalue weighted by Gasteiger charge is -2.36. The van der Waals surface area contributed by atoms with Gasteiger partial charge in [0.1, 0.15) is 11.5 Å². The van der Waals surface area contributed by atoms with Crippen LogP contribution in [0.1, 0.15) is 17.3 Å². The predicted molar refractivity (Wildman–Crippen MR) is 152 cm³/mol. The van der Waals surface area contributed by atoms with Crippen LogP contribution in [0.5, 0.6) is 0 Å². The molecule has 1 fully saturated rings. The second-order valence-electron chi connectivity index (χ2n) is 10.2. The number of benzene rings is 1. The van der Waals surface area contributed by atoms with Crippen molar-refractivity contribution in [2.75, 3.05) is 75.9 Å². The minimum absolute atomic E-state index is 0.0363. The molecule has 1 aromatic carbocycles. The first-order valence-corrected chi connectivity index (χ1v) is 13.3. The number of nitrogens with zero attached hydrogens (tertiary/aromatic N) is 7. The van der Waals surface area contributed by atoms with E-state index in [2.05, 4.69) is 30.6 Å². The zero-order valence-electron chi connectivity index (χ0n) is 23.0. The van der Waals surface area contributed by atoms with Crippen molar-refractivity contribution in [2.24, 2.45) is 0 Å². The van der Waals surface area contributed by atoms with Crippen molar-refractivity contribution in [1.29, 1.82) is 0 Å². The fraction of sp³-hybridized carbons (Fsp3) is 0.407. The molecule has 212 valence electrons. The molecule has 1 atom stereocenters. The van der Waals surface area contributed by atoms with Crippen LogP contribution in [-0.2, 0) is 0 Å². The summed E-state index contributed by atoms with van der Waals surface area (Å²) in [4.78, 5) is 27.6. The summed E-state index contributed by atoms with van der Waals surface area (Å²) in [6.45, 7) is 6.96. The highest BCUT2D eigenvalue weighted by molar-refractivity contribution is 5.94. The molecule has 1 saturated heterocycles. The Labute approximate surface area is 232 Å². The molecule has 3 aromatic heterocycles. The molecule has 0 radical (unpaired) electrons. The number of nitrogen functional groups attached to an aromatic ring is 1. The molecule has 4 aromatic rings. The van der Waals surface area contributed by atoms with Gasteiger partial charge in [-0.1, -0.05) is 0 Å². The number of fused-ring (bicyclic) bond motifs is 1. The summed E-state index contributed by atoms with van der Waals surface area (Å²) in [5.74, 6) is 0.630. The zero-order chi connectivity index (χ0) is 28.2. The van der Waals surface area contributed by atoms with Crippen LogP contribution in [0, 0.1) is 5.82 Å². The molecule has 0 aliphatic carbocycles. The molecule has 1 unspecified atom stereocenters. The minimum atomic E-state index is -0.386. The summed E-state index contributed by atoms with van der Waals surface area (Å²) in [5, 5.41) is 10.6. The molecule has 4 N–H and O–H groups in total. The normalized spacial score (nSPS) is 15.1. The van der Waals surface area contributed by atoms with Gasteiger partial charge in [0.2, 0.25) is 11.9 Å². The molecule has 5 rings (SSSR count). The van der Waals surface area contributed by atoms with E-state index >= 15 is 0 Å². The molecule has 0 bridgehead atoms.